The maximum absolute atomic E-state index is 13.9. The predicted molar refractivity (Wildman–Crippen MR) is 77.2 cm³/mol. The van der Waals surface area contributed by atoms with Crippen LogP contribution in [-0.2, 0) is 10.9 Å². The van der Waals surface area contributed by atoms with Gasteiger partial charge >= 0.3 is 12.3 Å². The van der Waals surface area contributed by atoms with Crippen LogP contribution in [0.25, 0.3) is 5.57 Å². The Morgan fingerprint density at radius 2 is 1.87 bits per heavy atom. The molecule has 0 spiro atoms. The average molecular weight is 331 g/mol. The molecular formula is C16H17F4NO2. The third-order valence-corrected chi connectivity index (χ3v) is 3.21. The van der Waals surface area contributed by atoms with Gasteiger partial charge in [0.1, 0.15) is 11.4 Å². The molecule has 0 radical (unpaired) electrons. The summed E-state index contributed by atoms with van der Waals surface area (Å²) in [5, 5.41) is 0. The van der Waals surface area contributed by atoms with Gasteiger partial charge in [-0.1, -0.05) is 6.08 Å². The summed E-state index contributed by atoms with van der Waals surface area (Å²) in [4.78, 5) is 13.3. The Morgan fingerprint density at radius 1 is 1.22 bits per heavy atom. The number of rotatable bonds is 1. The summed E-state index contributed by atoms with van der Waals surface area (Å²) in [6, 6.07) is 2.24. The average Bonchev–Trinajstić information content (AvgIpc) is 2.85. The van der Waals surface area contributed by atoms with E-state index >= 15 is 0 Å². The Balaban J connectivity index is 2.17. The minimum atomic E-state index is -4.55. The fraction of sp³-hybridized carbons (Fsp3) is 0.438. The van der Waals surface area contributed by atoms with Crippen LogP contribution in [0.4, 0.5) is 22.4 Å². The molecule has 0 saturated heterocycles. The van der Waals surface area contributed by atoms with E-state index in [4.69, 9.17) is 4.74 Å². The summed E-state index contributed by atoms with van der Waals surface area (Å²) >= 11 is 0. The number of halogens is 4. The highest BCUT2D eigenvalue weighted by Crippen LogP contribution is 2.33. The molecule has 1 aliphatic heterocycles. The smallest absolute Gasteiger partial charge is 0.416 e. The quantitative estimate of drug-likeness (QED) is 0.710. The van der Waals surface area contributed by atoms with E-state index in [1.165, 1.54) is 11.0 Å². The van der Waals surface area contributed by atoms with Gasteiger partial charge in [-0.2, -0.15) is 13.2 Å². The molecule has 7 heteroatoms. The van der Waals surface area contributed by atoms with Crippen molar-refractivity contribution in [2.24, 2.45) is 0 Å². The van der Waals surface area contributed by atoms with Crippen LogP contribution in [0, 0.1) is 5.82 Å². The summed E-state index contributed by atoms with van der Waals surface area (Å²) in [5.74, 6) is -0.754. The zero-order valence-corrected chi connectivity index (χ0v) is 13.0. The number of carbonyl (C=O) groups is 1. The van der Waals surface area contributed by atoms with Gasteiger partial charge in [-0.3, -0.25) is 0 Å². The van der Waals surface area contributed by atoms with Crippen molar-refractivity contribution in [1.82, 2.24) is 4.90 Å². The molecule has 0 unspecified atom stereocenters. The SMILES string of the molecule is CC(C)(C)OC(=O)N1CC=C(c2cc(C(F)(F)F)ccc2F)C1. The van der Waals surface area contributed by atoms with Crippen molar-refractivity contribution >= 4 is 11.7 Å². The van der Waals surface area contributed by atoms with Crippen LogP contribution in [0.2, 0.25) is 0 Å². The second-order valence-corrected chi connectivity index (χ2v) is 6.28. The number of amides is 1. The number of nitrogens with zero attached hydrogens (tertiary/aromatic N) is 1. The first kappa shape index (κ1) is 17.3. The Kier molecular flexibility index (Phi) is 4.41. The van der Waals surface area contributed by atoms with Crippen LogP contribution in [0.15, 0.2) is 24.3 Å². The van der Waals surface area contributed by atoms with Crippen LogP contribution >= 0.6 is 0 Å². The zero-order valence-electron chi connectivity index (χ0n) is 13.0. The van der Waals surface area contributed by atoms with E-state index < -0.39 is 29.3 Å². The molecule has 23 heavy (non-hydrogen) atoms. The molecule has 1 amide bonds. The molecule has 0 aromatic heterocycles. The Bertz CT molecular complexity index is 644. The van der Waals surface area contributed by atoms with Crippen LogP contribution < -0.4 is 0 Å². The molecule has 1 aromatic rings. The van der Waals surface area contributed by atoms with Gasteiger partial charge in [0.2, 0.25) is 0 Å². The van der Waals surface area contributed by atoms with Gasteiger partial charge in [0.25, 0.3) is 0 Å². The van der Waals surface area contributed by atoms with E-state index in [9.17, 15) is 22.4 Å². The molecule has 3 nitrogen and oxygen atoms in total. The van der Waals surface area contributed by atoms with Gasteiger partial charge in [0.15, 0.2) is 0 Å². The molecular weight excluding hydrogens is 314 g/mol. The number of benzene rings is 1. The molecule has 1 aliphatic rings. The summed E-state index contributed by atoms with van der Waals surface area (Å²) < 4.78 is 57.3. The lowest BCUT2D eigenvalue weighted by molar-refractivity contribution is -0.137. The molecule has 0 fully saturated rings. The minimum absolute atomic E-state index is 0.00709. The van der Waals surface area contributed by atoms with Crippen molar-refractivity contribution in [2.45, 2.75) is 32.5 Å². The summed E-state index contributed by atoms with van der Waals surface area (Å²) in [7, 11) is 0. The fourth-order valence-corrected chi connectivity index (χ4v) is 2.16. The maximum atomic E-state index is 13.9. The Morgan fingerprint density at radius 3 is 2.43 bits per heavy atom. The number of ether oxygens (including phenoxy) is 1. The number of hydrogen-bond acceptors (Lipinski definition) is 2. The van der Waals surface area contributed by atoms with Crippen molar-refractivity contribution in [2.75, 3.05) is 13.1 Å². The topological polar surface area (TPSA) is 29.5 Å². The predicted octanol–water partition coefficient (Wildman–Crippen LogP) is 4.48. The lowest BCUT2D eigenvalue weighted by Crippen LogP contribution is -2.35. The standard InChI is InChI=1S/C16H17F4NO2/c1-15(2,3)23-14(22)21-7-6-10(9-21)12-8-11(16(18,19)20)4-5-13(12)17/h4-6,8H,7,9H2,1-3H3. The van der Waals surface area contributed by atoms with Crippen LogP contribution in [-0.4, -0.2) is 29.7 Å². The first-order valence-electron chi connectivity index (χ1n) is 7.01. The zero-order chi connectivity index (χ0) is 17.4. The number of carbonyl (C=O) groups excluding carboxylic acids is 1. The molecule has 0 N–H and O–H groups in total. The third-order valence-electron chi connectivity index (χ3n) is 3.21. The molecule has 1 aromatic carbocycles. The lowest BCUT2D eigenvalue weighted by Gasteiger charge is -2.24. The van der Waals surface area contributed by atoms with Crippen molar-refractivity contribution in [3.8, 4) is 0 Å². The van der Waals surface area contributed by atoms with Crippen molar-refractivity contribution in [3.05, 3.63) is 41.2 Å². The van der Waals surface area contributed by atoms with Crippen LogP contribution in [0.1, 0.15) is 31.9 Å². The molecule has 0 atom stereocenters. The van der Waals surface area contributed by atoms with Gasteiger partial charge < -0.3 is 9.64 Å². The van der Waals surface area contributed by atoms with E-state index in [-0.39, 0.29) is 18.7 Å². The molecule has 0 aliphatic carbocycles. The van der Waals surface area contributed by atoms with Gasteiger partial charge in [-0.05, 0) is 44.5 Å². The summed E-state index contributed by atoms with van der Waals surface area (Å²) in [6.07, 6.45) is -3.61. The van der Waals surface area contributed by atoms with Gasteiger partial charge in [0.05, 0.1) is 5.56 Å². The monoisotopic (exact) mass is 331 g/mol. The highest BCUT2D eigenvalue weighted by Gasteiger charge is 2.32. The molecule has 0 saturated carbocycles. The molecule has 1 heterocycles. The Labute approximate surface area is 131 Å². The molecule has 126 valence electrons. The second-order valence-electron chi connectivity index (χ2n) is 6.28. The molecule has 2 rings (SSSR count). The second kappa shape index (κ2) is 5.86. The van der Waals surface area contributed by atoms with Crippen molar-refractivity contribution in [1.29, 1.82) is 0 Å². The first-order valence-corrected chi connectivity index (χ1v) is 7.01. The van der Waals surface area contributed by atoms with Gasteiger partial charge in [-0.25, -0.2) is 9.18 Å². The maximum Gasteiger partial charge on any atom is 0.416 e. The minimum Gasteiger partial charge on any atom is -0.444 e. The summed E-state index contributed by atoms with van der Waals surface area (Å²) in [6.45, 7) is 5.30. The van der Waals surface area contributed by atoms with Crippen molar-refractivity contribution < 1.29 is 27.1 Å². The molecule has 0 bridgehead atoms. The highest BCUT2D eigenvalue weighted by atomic mass is 19.4. The van der Waals surface area contributed by atoms with E-state index in [1.54, 1.807) is 20.8 Å². The van der Waals surface area contributed by atoms with E-state index in [2.05, 4.69) is 0 Å². The lowest BCUT2D eigenvalue weighted by atomic mass is 10.0. The van der Waals surface area contributed by atoms with Gasteiger partial charge in [-0.15, -0.1) is 0 Å². The summed E-state index contributed by atoms with van der Waals surface area (Å²) in [5.41, 5.74) is -1.42. The first-order chi connectivity index (χ1) is 10.5. The van der Waals surface area contributed by atoms with Crippen molar-refractivity contribution in [3.63, 3.8) is 0 Å². The number of hydrogen-bond donors (Lipinski definition) is 0. The fourth-order valence-electron chi connectivity index (χ4n) is 2.16. The van der Waals surface area contributed by atoms with Crippen LogP contribution in [0.5, 0.6) is 0 Å². The number of alkyl halides is 3. The normalized spacial score (nSPS) is 15.6. The largest absolute Gasteiger partial charge is 0.444 e. The van der Waals surface area contributed by atoms with E-state index in [0.717, 1.165) is 12.1 Å². The van der Waals surface area contributed by atoms with E-state index in [1.807, 2.05) is 0 Å². The highest BCUT2D eigenvalue weighted by molar-refractivity contribution is 5.78. The van der Waals surface area contributed by atoms with Crippen LogP contribution in [0.3, 0.4) is 0 Å². The van der Waals surface area contributed by atoms with Gasteiger partial charge in [0, 0.05) is 18.7 Å². The van der Waals surface area contributed by atoms with E-state index in [0.29, 0.717) is 11.6 Å². The third kappa shape index (κ3) is 4.24. The Hall–Kier alpha value is -2.05.